The van der Waals surface area contributed by atoms with Crippen molar-refractivity contribution in [3.8, 4) is 5.75 Å². The van der Waals surface area contributed by atoms with E-state index in [0.717, 1.165) is 0 Å². The first-order valence-electron chi connectivity index (χ1n) is 8.07. The number of esters is 1. The molecule has 0 aliphatic rings. The molecule has 7 heteroatoms. The summed E-state index contributed by atoms with van der Waals surface area (Å²) in [6.45, 7) is -0.147. The number of methoxy groups -OCH3 is 1. The number of thiocarbonyl (C=S) groups is 1. The summed E-state index contributed by atoms with van der Waals surface area (Å²) in [5, 5.41) is 2.27. The molecule has 0 unspecified atom stereocenters. The summed E-state index contributed by atoms with van der Waals surface area (Å²) in [6, 6.07) is 13.2. The third kappa shape index (κ3) is 6.26. The minimum absolute atomic E-state index is 0.0285. The van der Waals surface area contributed by atoms with Crippen molar-refractivity contribution in [2.75, 3.05) is 13.7 Å². The van der Waals surface area contributed by atoms with Gasteiger partial charge in [0.05, 0.1) is 24.4 Å². The van der Waals surface area contributed by atoms with Crippen LogP contribution in [0.4, 0.5) is 5.69 Å². The molecule has 0 saturated heterocycles. The topological polar surface area (TPSA) is 82.0 Å². The Hall–Kier alpha value is -3.15. The first kappa shape index (κ1) is 20.2. The molecule has 0 saturated carbocycles. The van der Waals surface area contributed by atoms with Crippen LogP contribution < -0.4 is 4.74 Å². The van der Waals surface area contributed by atoms with Crippen LogP contribution in [0.1, 0.15) is 28.8 Å². The number of carbonyl (C=O) groups is 3. The van der Waals surface area contributed by atoms with Gasteiger partial charge in [0.2, 0.25) is 0 Å². The Kier molecular flexibility index (Phi) is 7.55. The quantitative estimate of drug-likeness (QED) is 0.285. The van der Waals surface area contributed by atoms with E-state index in [-0.39, 0.29) is 31.0 Å². The zero-order valence-corrected chi connectivity index (χ0v) is 15.5. The molecule has 0 radical (unpaired) electrons. The third-order valence-electron chi connectivity index (χ3n) is 3.66. The lowest BCUT2D eigenvalue weighted by Crippen LogP contribution is -2.13. The molecule has 0 aliphatic carbocycles. The van der Waals surface area contributed by atoms with Crippen molar-refractivity contribution >= 4 is 40.6 Å². The van der Waals surface area contributed by atoms with E-state index in [9.17, 15) is 14.4 Å². The average Bonchev–Trinajstić information content (AvgIpc) is 2.71. The standard InChI is InChI=1S/C20H17NO5S/c1-25-19(23)11-8-17(22)12-26-18-9-4-15(5-10-18)20(24)14-2-6-16(7-3-14)21-13-27/h2-7,9-10H,8,11-12H2,1H3. The fraction of sp³-hybridized carbons (Fsp3) is 0.200. The Bertz CT molecular complexity index is 868. The van der Waals surface area contributed by atoms with Gasteiger partial charge in [-0.15, -0.1) is 0 Å². The molecular formula is C20H17NO5S. The number of ether oxygens (including phenoxy) is 2. The molecule has 27 heavy (non-hydrogen) atoms. The van der Waals surface area contributed by atoms with Crippen molar-refractivity contribution in [1.82, 2.24) is 0 Å². The van der Waals surface area contributed by atoms with Gasteiger partial charge < -0.3 is 9.47 Å². The lowest BCUT2D eigenvalue weighted by molar-refractivity contribution is -0.142. The van der Waals surface area contributed by atoms with Crippen LogP contribution in [0.5, 0.6) is 5.75 Å². The zero-order valence-electron chi connectivity index (χ0n) is 14.6. The number of carbonyl (C=O) groups excluding carboxylic acids is 3. The van der Waals surface area contributed by atoms with Crippen molar-refractivity contribution < 1.29 is 23.9 Å². The van der Waals surface area contributed by atoms with Crippen molar-refractivity contribution in [2.45, 2.75) is 12.8 Å². The van der Waals surface area contributed by atoms with Crippen LogP contribution in [0, 0.1) is 0 Å². The number of ketones is 2. The summed E-state index contributed by atoms with van der Waals surface area (Å²) in [5.74, 6) is -0.329. The van der Waals surface area contributed by atoms with E-state index in [0.29, 0.717) is 22.6 Å². The van der Waals surface area contributed by atoms with E-state index >= 15 is 0 Å². The van der Waals surface area contributed by atoms with E-state index in [1.807, 2.05) is 0 Å². The van der Waals surface area contributed by atoms with Gasteiger partial charge in [0.1, 0.15) is 12.4 Å². The summed E-state index contributed by atoms with van der Waals surface area (Å²) in [5.41, 5.74) is 1.64. The average molecular weight is 383 g/mol. The van der Waals surface area contributed by atoms with Crippen molar-refractivity contribution in [1.29, 1.82) is 0 Å². The number of hydrogen-bond acceptors (Lipinski definition) is 7. The SMILES string of the molecule is COC(=O)CCC(=O)COc1ccc(C(=O)c2ccc(N=C=S)cc2)cc1. The summed E-state index contributed by atoms with van der Waals surface area (Å²) < 4.78 is 9.85. The zero-order chi connectivity index (χ0) is 19.6. The molecule has 6 nitrogen and oxygen atoms in total. The van der Waals surface area contributed by atoms with Gasteiger partial charge in [0.25, 0.3) is 0 Å². The molecule has 0 fully saturated rings. The molecule has 0 N–H and O–H groups in total. The van der Waals surface area contributed by atoms with E-state index in [1.165, 1.54) is 7.11 Å². The second kappa shape index (κ2) is 10.1. The minimum Gasteiger partial charge on any atom is -0.486 e. The van der Waals surface area contributed by atoms with E-state index in [4.69, 9.17) is 4.74 Å². The van der Waals surface area contributed by atoms with Crippen molar-refractivity contribution in [2.24, 2.45) is 4.99 Å². The Morgan fingerprint density at radius 3 is 2.11 bits per heavy atom. The molecule has 2 rings (SSSR count). The molecule has 138 valence electrons. The number of rotatable bonds is 9. The van der Waals surface area contributed by atoms with Crippen LogP contribution in [0.25, 0.3) is 0 Å². The predicted molar refractivity (Wildman–Crippen MR) is 103 cm³/mol. The predicted octanol–water partition coefficient (Wildman–Crippen LogP) is 3.55. The maximum absolute atomic E-state index is 12.5. The first-order valence-corrected chi connectivity index (χ1v) is 8.48. The molecule has 0 aliphatic heterocycles. The second-order valence-electron chi connectivity index (χ2n) is 5.51. The minimum atomic E-state index is -0.437. The number of isothiocyanates is 1. The van der Waals surface area contributed by atoms with Gasteiger partial charge >= 0.3 is 5.97 Å². The van der Waals surface area contributed by atoms with Crippen LogP contribution in [0.2, 0.25) is 0 Å². The largest absolute Gasteiger partial charge is 0.486 e. The van der Waals surface area contributed by atoms with Crippen LogP contribution in [0.15, 0.2) is 53.5 Å². The fourth-order valence-corrected chi connectivity index (χ4v) is 2.29. The van der Waals surface area contributed by atoms with Gasteiger partial charge in [-0.2, -0.15) is 4.99 Å². The van der Waals surface area contributed by atoms with E-state index in [2.05, 4.69) is 27.1 Å². The number of benzene rings is 2. The summed E-state index contributed by atoms with van der Waals surface area (Å²) in [4.78, 5) is 39.0. The highest BCUT2D eigenvalue weighted by Gasteiger charge is 2.10. The van der Waals surface area contributed by atoms with Gasteiger partial charge in [-0.3, -0.25) is 14.4 Å². The molecule has 0 spiro atoms. The maximum Gasteiger partial charge on any atom is 0.305 e. The van der Waals surface area contributed by atoms with Crippen LogP contribution in [-0.4, -0.2) is 36.4 Å². The second-order valence-corrected chi connectivity index (χ2v) is 5.69. The highest BCUT2D eigenvalue weighted by atomic mass is 32.1. The van der Waals surface area contributed by atoms with Crippen molar-refractivity contribution in [3.63, 3.8) is 0 Å². The highest BCUT2D eigenvalue weighted by molar-refractivity contribution is 7.78. The van der Waals surface area contributed by atoms with E-state index in [1.54, 1.807) is 48.5 Å². The summed E-state index contributed by atoms with van der Waals surface area (Å²) >= 11 is 4.54. The number of hydrogen-bond donors (Lipinski definition) is 0. The van der Waals surface area contributed by atoms with Crippen molar-refractivity contribution in [3.05, 3.63) is 59.7 Å². The molecule has 0 amide bonds. The summed E-state index contributed by atoms with van der Waals surface area (Å²) in [7, 11) is 1.27. The first-order chi connectivity index (χ1) is 13.0. The molecule has 0 heterocycles. The molecule has 2 aromatic carbocycles. The molecule has 0 aromatic heterocycles. The molecule has 0 atom stereocenters. The lowest BCUT2D eigenvalue weighted by atomic mass is 10.0. The fourth-order valence-electron chi connectivity index (χ4n) is 2.19. The normalized spacial score (nSPS) is 9.81. The Morgan fingerprint density at radius 2 is 1.56 bits per heavy atom. The van der Waals surface area contributed by atoms with Crippen LogP contribution in [-0.2, 0) is 14.3 Å². The van der Waals surface area contributed by atoms with Gasteiger partial charge in [0.15, 0.2) is 11.6 Å². The molecule has 2 aromatic rings. The number of nitrogens with zero attached hydrogens (tertiary/aromatic N) is 1. The van der Waals surface area contributed by atoms with Gasteiger partial charge in [0, 0.05) is 17.5 Å². The Balaban J connectivity index is 1.92. The smallest absolute Gasteiger partial charge is 0.305 e. The molecule has 0 bridgehead atoms. The molecular weight excluding hydrogens is 366 g/mol. The van der Waals surface area contributed by atoms with Crippen LogP contribution >= 0.6 is 12.2 Å². The van der Waals surface area contributed by atoms with Crippen LogP contribution in [0.3, 0.4) is 0 Å². The van der Waals surface area contributed by atoms with E-state index < -0.39 is 5.97 Å². The lowest BCUT2D eigenvalue weighted by Gasteiger charge is -2.07. The maximum atomic E-state index is 12.5. The van der Waals surface area contributed by atoms with Gasteiger partial charge in [-0.1, -0.05) is 0 Å². The Labute approximate surface area is 161 Å². The number of Topliss-reactive ketones (excluding diaryl/α,β-unsaturated/α-hetero) is 1. The van der Waals surface area contributed by atoms with Gasteiger partial charge in [-0.05, 0) is 60.7 Å². The highest BCUT2D eigenvalue weighted by Crippen LogP contribution is 2.18. The monoisotopic (exact) mass is 383 g/mol. The van der Waals surface area contributed by atoms with Gasteiger partial charge in [-0.25, -0.2) is 0 Å². The summed E-state index contributed by atoms with van der Waals surface area (Å²) in [6.07, 6.45) is 0.0905. The Morgan fingerprint density at radius 1 is 0.963 bits per heavy atom. The third-order valence-corrected chi connectivity index (χ3v) is 3.75. The number of aliphatic imine (C=N–C) groups is 1.